The van der Waals surface area contributed by atoms with E-state index in [4.69, 9.17) is 0 Å². The lowest BCUT2D eigenvalue weighted by molar-refractivity contribution is -0.131. The van der Waals surface area contributed by atoms with Crippen molar-refractivity contribution >= 4 is 29.2 Å². The summed E-state index contributed by atoms with van der Waals surface area (Å²) in [4.78, 5) is 43.4. The van der Waals surface area contributed by atoms with Crippen molar-refractivity contribution in [1.82, 2.24) is 20.1 Å². The van der Waals surface area contributed by atoms with Gasteiger partial charge in [-0.2, -0.15) is 0 Å². The molecule has 1 saturated heterocycles. The van der Waals surface area contributed by atoms with Crippen LogP contribution < -0.4 is 5.32 Å². The van der Waals surface area contributed by atoms with Gasteiger partial charge in [0.1, 0.15) is 6.04 Å². The molecule has 0 radical (unpaired) electrons. The third-order valence-electron chi connectivity index (χ3n) is 3.78. The number of likely N-dealkylation sites (N-methyl/N-ethyl adjacent to an activating group) is 2. The number of amides is 4. The van der Waals surface area contributed by atoms with Crippen LogP contribution in [-0.4, -0.2) is 59.3 Å². The van der Waals surface area contributed by atoms with E-state index in [0.29, 0.717) is 13.0 Å². The number of hydrogen-bond acceptors (Lipinski definition) is 5. The Bertz CT molecular complexity index is 594. The number of carbonyl (C=O) groups is 3. The number of imide groups is 1. The van der Waals surface area contributed by atoms with E-state index in [2.05, 4.69) is 10.3 Å². The standard InChI is InChI=1S/C14H20N4O3S/c1-8-9(2)22-12(16-8)5-6-15-11(19)7-10-13(20)18(4)14(21)17(10)3/h10H,5-7H2,1-4H3,(H,15,19)/t10-/m0/s1. The first-order valence-corrected chi connectivity index (χ1v) is 7.87. The summed E-state index contributed by atoms with van der Waals surface area (Å²) < 4.78 is 0. The Morgan fingerprint density at radius 2 is 2.00 bits per heavy atom. The normalized spacial score (nSPS) is 18.3. The molecule has 1 aromatic rings. The number of urea groups is 1. The molecule has 7 nitrogen and oxygen atoms in total. The second-order valence-electron chi connectivity index (χ2n) is 5.36. The third-order valence-corrected chi connectivity index (χ3v) is 4.92. The van der Waals surface area contributed by atoms with Crippen LogP contribution in [0.2, 0.25) is 0 Å². The highest BCUT2D eigenvalue weighted by molar-refractivity contribution is 7.11. The fourth-order valence-corrected chi connectivity index (χ4v) is 3.21. The minimum absolute atomic E-state index is 0.0126. The first-order chi connectivity index (χ1) is 10.3. The molecule has 0 saturated carbocycles. The molecule has 2 rings (SSSR count). The van der Waals surface area contributed by atoms with Crippen LogP contribution in [0.5, 0.6) is 0 Å². The quantitative estimate of drug-likeness (QED) is 0.808. The maximum atomic E-state index is 11.9. The smallest absolute Gasteiger partial charge is 0.326 e. The molecule has 0 aromatic carbocycles. The molecule has 1 aliphatic rings. The van der Waals surface area contributed by atoms with E-state index in [1.165, 1.54) is 23.9 Å². The number of rotatable bonds is 5. The number of hydrogen-bond donors (Lipinski definition) is 1. The Hall–Kier alpha value is -1.96. The largest absolute Gasteiger partial charge is 0.356 e. The zero-order valence-corrected chi connectivity index (χ0v) is 14.0. The predicted octanol–water partition coefficient (Wildman–Crippen LogP) is 0.701. The molecule has 4 amide bonds. The van der Waals surface area contributed by atoms with Crippen LogP contribution in [0.4, 0.5) is 4.79 Å². The maximum absolute atomic E-state index is 11.9. The monoisotopic (exact) mass is 324 g/mol. The van der Waals surface area contributed by atoms with E-state index < -0.39 is 6.04 Å². The first kappa shape index (κ1) is 16.4. The molecule has 0 aliphatic carbocycles. The summed E-state index contributed by atoms with van der Waals surface area (Å²) in [6, 6.07) is -1.08. The molecule has 1 aromatic heterocycles. The summed E-state index contributed by atoms with van der Waals surface area (Å²) in [6.45, 7) is 4.45. The van der Waals surface area contributed by atoms with Gasteiger partial charge in [-0.1, -0.05) is 0 Å². The lowest BCUT2D eigenvalue weighted by Gasteiger charge is -2.15. The van der Waals surface area contributed by atoms with Crippen molar-refractivity contribution in [2.45, 2.75) is 32.7 Å². The van der Waals surface area contributed by atoms with Gasteiger partial charge in [0.2, 0.25) is 5.91 Å². The van der Waals surface area contributed by atoms with E-state index in [0.717, 1.165) is 15.6 Å². The average molecular weight is 324 g/mol. The average Bonchev–Trinajstić information content (AvgIpc) is 2.87. The van der Waals surface area contributed by atoms with Crippen molar-refractivity contribution in [1.29, 1.82) is 0 Å². The number of nitrogens with one attached hydrogen (secondary N) is 1. The van der Waals surface area contributed by atoms with Gasteiger partial charge >= 0.3 is 6.03 Å². The van der Waals surface area contributed by atoms with Gasteiger partial charge < -0.3 is 10.2 Å². The summed E-state index contributed by atoms with van der Waals surface area (Å²) in [5, 5.41) is 3.76. The van der Waals surface area contributed by atoms with Crippen LogP contribution in [0.1, 0.15) is 22.0 Å². The summed E-state index contributed by atoms with van der Waals surface area (Å²) in [5.74, 6) is -0.577. The molecule has 0 spiro atoms. The van der Waals surface area contributed by atoms with Crippen molar-refractivity contribution in [3.05, 3.63) is 15.6 Å². The molecule has 120 valence electrons. The summed E-state index contributed by atoms with van der Waals surface area (Å²) in [5.41, 5.74) is 1.02. The van der Waals surface area contributed by atoms with Crippen LogP contribution in [0.15, 0.2) is 0 Å². The number of aryl methyl sites for hydroxylation is 2. The fraction of sp³-hybridized carbons (Fsp3) is 0.571. The number of carbonyl (C=O) groups excluding carboxylic acids is 3. The van der Waals surface area contributed by atoms with Crippen molar-refractivity contribution < 1.29 is 14.4 Å². The molecule has 1 aliphatic heterocycles. The number of aromatic nitrogens is 1. The SMILES string of the molecule is Cc1nc(CCNC(=O)C[C@H]2C(=O)N(C)C(=O)N2C)sc1C. The highest BCUT2D eigenvalue weighted by Gasteiger charge is 2.41. The molecule has 1 fully saturated rings. The topological polar surface area (TPSA) is 82.6 Å². The van der Waals surface area contributed by atoms with E-state index in [1.54, 1.807) is 11.3 Å². The van der Waals surface area contributed by atoms with Crippen LogP contribution in [0.3, 0.4) is 0 Å². The van der Waals surface area contributed by atoms with Gasteiger partial charge in [-0.25, -0.2) is 9.78 Å². The molecular formula is C14H20N4O3S. The van der Waals surface area contributed by atoms with Crippen molar-refractivity contribution in [3.8, 4) is 0 Å². The van der Waals surface area contributed by atoms with Crippen LogP contribution >= 0.6 is 11.3 Å². The third kappa shape index (κ3) is 3.27. The Balaban J connectivity index is 1.81. The van der Waals surface area contributed by atoms with Gasteiger partial charge in [0.05, 0.1) is 17.1 Å². The Labute approximate surface area is 133 Å². The predicted molar refractivity (Wildman–Crippen MR) is 82.6 cm³/mol. The van der Waals surface area contributed by atoms with E-state index in [1.807, 2.05) is 13.8 Å². The van der Waals surface area contributed by atoms with Crippen molar-refractivity contribution in [2.24, 2.45) is 0 Å². The zero-order chi connectivity index (χ0) is 16.4. The minimum atomic E-state index is -0.707. The van der Waals surface area contributed by atoms with Gasteiger partial charge in [0, 0.05) is 31.9 Å². The Kier molecular flexibility index (Phi) is 4.80. The summed E-state index contributed by atoms with van der Waals surface area (Å²) in [6.07, 6.45) is 0.652. The Morgan fingerprint density at radius 1 is 1.32 bits per heavy atom. The molecule has 22 heavy (non-hydrogen) atoms. The molecule has 0 bridgehead atoms. The molecule has 0 unspecified atom stereocenters. The zero-order valence-electron chi connectivity index (χ0n) is 13.2. The van der Waals surface area contributed by atoms with Gasteiger partial charge in [-0.15, -0.1) is 11.3 Å². The highest BCUT2D eigenvalue weighted by Crippen LogP contribution is 2.17. The van der Waals surface area contributed by atoms with E-state index in [9.17, 15) is 14.4 Å². The highest BCUT2D eigenvalue weighted by atomic mass is 32.1. The van der Waals surface area contributed by atoms with Crippen molar-refractivity contribution in [3.63, 3.8) is 0 Å². The van der Waals surface area contributed by atoms with E-state index in [-0.39, 0.29) is 24.3 Å². The lowest BCUT2D eigenvalue weighted by atomic mass is 10.2. The summed E-state index contributed by atoms with van der Waals surface area (Å²) >= 11 is 1.62. The second-order valence-corrected chi connectivity index (χ2v) is 6.65. The van der Waals surface area contributed by atoms with Crippen LogP contribution in [0, 0.1) is 13.8 Å². The van der Waals surface area contributed by atoms with Crippen molar-refractivity contribution in [2.75, 3.05) is 20.6 Å². The molecule has 1 atom stereocenters. The first-order valence-electron chi connectivity index (χ1n) is 7.05. The lowest BCUT2D eigenvalue weighted by Crippen LogP contribution is -2.37. The molecular weight excluding hydrogens is 304 g/mol. The number of nitrogens with zero attached hydrogens (tertiary/aromatic N) is 3. The Morgan fingerprint density at radius 3 is 2.50 bits per heavy atom. The molecule has 8 heteroatoms. The molecule has 1 N–H and O–H groups in total. The maximum Gasteiger partial charge on any atom is 0.326 e. The second kappa shape index (κ2) is 6.43. The van der Waals surface area contributed by atoms with E-state index >= 15 is 0 Å². The van der Waals surface area contributed by atoms with Gasteiger partial charge in [-0.3, -0.25) is 14.5 Å². The molecule has 2 heterocycles. The van der Waals surface area contributed by atoms with Gasteiger partial charge in [-0.05, 0) is 13.8 Å². The van der Waals surface area contributed by atoms with Crippen LogP contribution in [-0.2, 0) is 16.0 Å². The summed E-state index contributed by atoms with van der Waals surface area (Å²) in [7, 11) is 2.95. The van der Waals surface area contributed by atoms with Gasteiger partial charge in [0.15, 0.2) is 0 Å². The fourth-order valence-electron chi connectivity index (χ4n) is 2.28. The van der Waals surface area contributed by atoms with Crippen LogP contribution in [0.25, 0.3) is 0 Å². The van der Waals surface area contributed by atoms with Gasteiger partial charge in [0.25, 0.3) is 5.91 Å². The minimum Gasteiger partial charge on any atom is -0.356 e. The number of thiazole rings is 1.